The van der Waals surface area contributed by atoms with Crippen molar-refractivity contribution in [2.45, 2.75) is 13.0 Å². The first-order valence-electron chi connectivity index (χ1n) is 6.59. The smallest absolute Gasteiger partial charge is 0.238 e. The van der Waals surface area contributed by atoms with Crippen LogP contribution < -0.4 is 10.6 Å². The van der Waals surface area contributed by atoms with E-state index < -0.39 is 0 Å². The highest BCUT2D eigenvalue weighted by Crippen LogP contribution is 2.25. The largest absolute Gasteiger partial charge is 0.325 e. The van der Waals surface area contributed by atoms with Gasteiger partial charge in [-0.05, 0) is 36.8 Å². The van der Waals surface area contributed by atoms with Gasteiger partial charge in [0.05, 0.1) is 6.54 Å². The average molecular weight is 323 g/mol. The Labute approximate surface area is 134 Å². The van der Waals surface area contributed by atoms with Gasteiger partial charge in [-0.3, -0.25) is 4.79 Å². The van der Waals surface area contributed by atoms with Gasteiger partial charge in [0.2, 0.25) is 5.91 Å². The third-order valence-electron chi connectivity index (χ3n) is 3.06. The first kappa shape index (κ1) is 15.8. The number of carbonyl (C=O) groups excluding carboxylic acids is 1. The van der Waals surface area contributed by atoms with Crippen LogP contribution >= 0.6 is 23.2 Å². The molecule has 21 heavy (non-hydrogen) atoms. The molecule has 0 aromatic heterocycles. The molecule has 2 aromatic rings. The van der Waals surface area contributed by atoms with E-state index in [1.807, 2.05) is 43.3 Å². The van der Waals surface area contributed by atoms with Crippen LogP contribution in [0.1, 0.15) is 18.5 Å². The van der Waals surface area contributed by atoms with E-state index in [4.69, 9.17) is 23.2 Å². The summed E-state index contributed by atoms with van der Waals surface area (Å²) in [5, 5.41) is 7.14. The van der Waals surface area contributed by atoms with Gasteiger partial charge in [0.15, 0.2) is 0 Å². The molecule has 110 valence electrons. The van der Waals surface area contributed by atoms with E-state index in [2.05, 4.69) is 10.6 Å². The molecule has 0 heterocycles. The Balaban J connectivity index is 1.89. The SMILES string of the molecule is CC(NCC(=O)Nc1ccccc1)c1ccc(Cl)cc1Cl. The van der Waals surface area contributed by atoms with Gasteiger partial charge in [-0.1, -0.05) is 47.5 Å². The summed E-state index contributed by atoms with van der Waals surface area (Å²) in [5.74, 6) is -0.0989. The molecule has 1 unspecified atom stereocenters. The maximum Gasteiger partial charge on any atom is 0.238 e. The minimum Gasteiger partial charge on any atom is -0.325 e. The van der Waals surface area contributed by atoms with Crippen molar-refractivity contribution in [3.63, 3.8) is 0 Å². The standard InChI is InChI=1S/C16H16Cl2N2O/c1-11(14-8-7-12(17)9-15(14)18)19-10-16(21)20-13-5-3-2-4-6-13/h2-9,11,19H,10H2,1H3,(H,20,21). The summed E-state index contributed by atoms with van der Waals surface area (Å²) in [6, 6.07) is 14.6. The van der Waals surface area contributed by atoms with Crippen LogP contribution in [0.2, 0.25) is 10.0 Å². The highest BCUT2D eigenvalue weighted by atomic mass is 35.5. The van der Waals surface area contributed by atoms with Crippen molar-refractivity contribution in [2.75, 3.05) is 11.9 Å². The van der Waals surface area contributed by atoms with Crippen molar-refractivity contribution in [1.29, 1.82) is 0 Å². The average Bonchev–Trinajstić information content (AvgIpc) is 2.46. The Morgan fingerprint density at radius 1 is 1.14 bits per heavy atom. The number of nitrogens with one attached hydrogen (secondary N) is 2. The van der Waals surface area contributed by atoms with Gasteiger partial charge in [-0.25, -0.2) is 0 Å². The predicted molar refractivity (Wildman–Crippen MR) is 88.0 cm³/mol. The zero-order valence-electron chi connectivity index (χ0n) is 11.6. The second-order valence-corrected chi connectivity index (χ2v) is 5.53. The molecular formula is C16H16Cl2N2O. The van der Waals surface area contributed by atoms with E-state index in [0.29, 0.717) is 10.0 Å². The molecule has 0 spiro atoms. The summed E-state index contributed by atoms with van der Waals surface area (Å²) in [5.41, 5.74) is 1.69. The first-order chi connectivity index (χ1) is 10.1. The van der Waals surface area contributed by atoms with Gasteiger partial charge in [-0.2, -0.15) is 0 Å². The van der Waals surface area contributed by atoms with E-state index in [9.17, 15) is 4.79 Å². The van der Waals surface area contributed by atoms with E-state index in [0.717, 1.165) is 11.3 Å². The summed E-state index contributed by atoms with van der Waals surface area (Å²) in [6.45, 7) is 2.15. The first-order valence-corrected chi connectivity index (χ1v) is 7.35. The highest BCUT2D eigenvalue weighted by molar-refractivity contribution is 6.35. The fourth-order valence-corrected chi connectivity index (χ4v) is 2.51. The highest BCUT2D eigenvalue weighted by Gasteiger charge is 2.11. The molecule has 5 heteroatoms. The molecule has 1 atom stereocenters. The molecule has 3 nitrogen and oxygen atoms in total. The predicted octanol–water partition coefficient (Wildman–Crippen LogP) is 4.28. The fourth-order valence-electron chi connectivity index (χ4n) is 1.94. The van der Waals surface area contributed by atoms with E-state index >= 15 is 0 Å². The van der Waals surface area contributed by atoms with Gasteiger partial charge in [0.1, 0.15) is 0 Å². The summed E-state index contributed by atoms with van der Waals surface area (Å²) in [4.78, 5) is 11.9. The molecule has 0 radical (unpaired) electrons. The maximum absolute atomic E-state index is 11.9. The number of carbonyl (C=O) groups is 1. The second kappa shape index (κ2) is 7.46. The zero-order valence-corrected chi connectivity index (χ0v) is 13.1. The molecular weight excluding hydrogens is 307 g/mol. The summed E-state index contributed by atoms with van der Waals surface area (Å²) >= 11 is 12.0. The molecule has 0 fully saturated rings. The van der Waals surface area contributed by atoms with Gasteiger partial charge in [0, 0.05) is 21.8 Å². The number of amides is 1. The number of para-hydroxylation sites is 1. The fraction of sp³-hybridized carbons (Fsp3) is 0.188. The number of halogens is 2. The van der Waals surface area contributed by atoms with Crippen molar-refractivity contribution in [3.8, 4) is 0 Å². The maximum atomic E-state index is 11.9. The van der Waals surface area contributed by atoms with Crippen LogP contribution in [0.3, 0.4) is 0 Å². The summed E-state index contributed by atoms with van der Waals surface area (Å²) in [7, 11) is 0. The Kier molecular flexibility index (Phi) is 5.62. The van der Waals surface area contributed by atoms with Crippen molar-refractivity contribution >= 4 is 34.8 Å². The summed E-state index contributed by atoms with van der Waals surface area (Å²) < 4.78 is 0. The number of hydrogen-bond acceptors (Lipinski definition) is 2. The van der Waals surface area contributed by atoms with E-state index in [1.54, 1.807) is 12.1 Å². The Morgan fingerprint density at radius 2 is 1.86 bits per heavy atom. The third kappa shape index (κ3) is 4.74. The monoisotopic (exact) mass is 322 g/mol. The normalized spacial score (nSPS) is 12.0. The Bertz CT molecular complexity index is 617. The van der Waals surface area contributed by atoms with Crippen LogP contribution in [-0.2, 0) is 4.79 Å². The van der Waals surface area contributed by atoms with Crippen molar-refractivity contribution in [3.05, 3.63) is 64.1 Å². The van der Waals surface area contributed by atoms with E-state index in [-0.39, 0.29) is 18.5 Å². The molecule has 0 bridgehead atoms. The van der Waals surface area contributed by atoms with E-state index in [1.165, 1.54) is 0 Å². The quantitative estimate of drug-likeness (QED) is 0.862. The minimum atomic E-state index is -0.0989. The molecule has 1 amide bonds. The van der Waals surface area contributed by atoms with Gasteiger partial charge < -0.3 is 10.6 Å². The summed E-state index contributed by atoms with van der Waals surface area (Å²) in [6.07, 6.45) is 0. The van der Waals surface area contributed by atoms with Crippen LogP contribution in [0.15, 0.2) is 48.5 Å². The molecule has 0 saturated heterocycles. The van der Waals surface area contributed by atoms with Crippen molar-refractivity contribution < 1.29 is 4.79 Å². The Hall–Kier alpha value is -1.55. The second-order valence-electron chi connectivity index (χ2n) is 4.68. The topological polar surface area (TPSA) is 41.1 Å². The molecule has 2 N–H and O–H groups in total. The van der Waals surface area contributed by atoms with Crippen LogP contribution in [0.5, 0.6) is 0 Å². The number of hydrogen-bond donors (Lipinski definition) is 2. The van der Waals surface area contributed by atoms with Crippen molar-refractivity contribution in [2.24, 2.45) is 0 Å². The third-order valence-corrected chi connectivity index (χ3v) is 3.62. The van der Waals surface area contributed by atoms with Gasteiger partial charge >= 0.3 is 0 Å². The molecule has 0 aliphatic rings. The van der Waals surface area contributed by atoms with Gasteiger partial charge in [-0.15, -0.1) is 0 Å². The molecule has 0 aliphatic carbocycles. The van der Waals surface area contributed by atoms with Crippen LogP contribution in [0.4, 0.5) is 5.69 Å². The lowest BCUT2D eigenvalue weighted by atomic mass is 10.1. The Morgan fingerprint density at radius 3 is 2.52 bits per heavy atom. The van der Waals surface area contributed by atoms with Crippen LogP contribution in [-0.4, -0.2) is 12.5 Å². The van der Waals surface area contributed by atoms with Crippen LogP contribution in [0.25, 0.3) is 0 Å². The lowest BCUT2D eigenvalue weighted by Gasteiger charge is -2.15. The number of benzene rings is 2. The number of rotatable bonds is 5. The zero-order chi connectivity index (χ0) is 15.2. The number of anilines is 1. The lowest BCUT2D eigenvalue weighted by Crippen LogP contribution is -2.30. The molecule has 2 rings (SSSR count). The van der Waals surface area contributed by atoms with Crippen molar-refractivity contribution in [1.82, 2.24) is 5.32 Å². The molecule has 2 aromatic carbocycles. The van der Waals surface area contributed by atoms with Crippen LogP contribution in [0, 0.1) is 0 Å². The lowest BCUT2D eigenvalue weighted by molar-refractivity contribution is -0.115. The minimum absolute atomic E-state index is 0.0451. The molecule has 0 aliphatic heterocycles. The van der Waals surface area contributed by atoms with Gasteiger partial charge in [0.25, 0.3) is 0 Å². The molecule has 0 saturated carbocycles.